The van der Waals surface area contributed by atoms with Crippen molar-refractivity contribution < 1.29 is 13.2 Å². The molecule has 0 atom stereocenters. The predicted octanol–water partition coefficient (Wildman–Crippen LogP) is 2.34. The van der Waals surface area contributed by atoms with Crippen molar-refractivity contribution in [3.63, 3.8) is 0 Å². The Morgan fingerprint density at radius 1 is 1.27 bits per heavy atom. The molecule has 0 unspecified atom stereocenters. The second-order valence-corrected chi connectivity index (χ2v) is 6.45. The Morgan fingerprint density at radius 2 is 1.95 bits per heavy atom. The minimum absolute atomic E-state index is 0.134. The summed E-state index contributed by atoms with van der Waals surface area (Å²) >= 11 is 0. The van der Waals surface area contributed by atoms with Gasteiger partial charge in [-0.3, -0.25) is 0 Å². The van der Waals surface area contributed by atoms with Gasteiger partial charge in [-0.2, -0.15) is 13.5 Å². The predicted molar refractivity (Wildman–Crippen MR) is 85.8 cm³/mol. The first kappa shape index (κ1) is 16.1. The molecule has 1 aromatic carbocycles. The maximum absolute atomic E-state index is 12.1. The fraction of sp³-hybridized carbons (Fsp3) is 0.267. The molecule has 2 N–H and O–H groups in total. The van der Waals surface area contributed by atoms with E-state index in [0.717, 1.165) is 17.0 Å². The minimum atomic E-state index is -3.68. The number of H-pyrrole nitrogens is 1. The van der Waals surface area contributed by atoms with E-state index in [1.807, 2.05) is 26.8 Å². The smallest absolute Gasteiger partial charge is 0.276 e. The maximum Gasteiger partial charge on any atom is 0.276 e. The first-order chi connectivity index (χ1) is 10.4. The Labute approximate surface area is 130 Å². The van der Waals surface area contributed by atoms with Crippen LogP contribution in [0.25, 0.3) is 0 Å². The Kier molecular flexibility index (Phi) is 4.87. The summed E-state index contributed by atoms with van der Waals surface area (Å²) in [5.41, 5.74) is 2.77. The van der Waals surface area contributed by atoms with E-state index in [9.17, 15) is 8.42 Å². The van der Waals surface area contributed by atoms with Crippen LogP contribution in [-0.2, 0) is 10.0 Å². The molecule has 7 heteroatoms. The van der Waals surface area contributed by atoms with Crippen molar-refractivity contribution >= 4 is 16.2 Å². The highest BCUT2D eigenvalue weighted by molar-refractivity contribution is 7.89. The molecular weight excluding hydrogens is 302 g/mol. The van der Waals surface area contributed by atoms with Gasteiger partial charge in [-0.1, -0.05) is 0 Å². The normalized spacial score (nSPS) is 11.8. The fourth-order valence-electron chi connectivity index (χ4n) is 1.98. The van der Waals surface area contributed by atoms with Crippen molar-refractivity contribution in [1.82, 2.24) is 9.82 Å². The molecule has 1 aromatic heterocycles. The zero-order valence-corrected chi connectivity index (χ0v) is 13.6. The topological polar surface area (TPSA) is 83.6 Å². The number of hydrogen-bond donors (Lipinski definition) is 2. The maximum atomic E-state index is 12.1. The number of sulfonamides is 1. The molecule has 2 aromatic rings. The minimum Gasteiger partial charge on any atom is -0.494 e. The lowest BCUT2D eigenvalue weighted by atomic mass is 10.3. The molecule has 22 heavy (non-hydrogen) atoms. The van der Waals surface area contributed by atoms with Gasteiger partial charge in [0.2, 0.25) is 0 Å². The third-order valence-corrected chi connectivity index (χ3v) is 4.25. The molecule has 118 valence electrons. The molecule has 0 bridgehead atoms. The number of aromatic amines is 1. The van der Waals surface area contributed by atoms with Crippen LogP contribution in [0.5, 0.6) is 5.75 Å². The van der Waals surface area contributed by atoms with Crippen molar-refractivity contribution in [2.75, 3.05) is 6.61 Å². The van der Waals surface area contributed by atoms with Crippen LogP contribution in [0.15, 0.2) is 40.3 Å². The van der Waals surface area contributed by atoms with Gasteiger partial charge in [-0.25, -0.2) is 4.83 Å². The second kappa shape index (κ2) is 6.65. The molecule has 0 fully saturated rings. The standard InChI is InChI=1S/C15H19N3O3S/c1-4-21-14-5-7-15(8-6-14)22(19,20)18-16-10-13-9-11(2)17-12(13)3/h5-10,17-18H,4H2,1-3H3/b16-10+. The van der Waals surface area contributed by atoms with E-state index in [1.165, 1.54) is 18.3 Å². The number of nitrogens with one attached hydrogen (secondary N) is 2. The third kappa shape index (κ3) is 3.88. The zero-order chi connectivity index (χ0) is 16.2. The van der Waals surface area contributed by atoms with Crippen molar-refractivity contribution in [3.05, 3.63) is 47.3 Å². The van der Waals surface area contributed by atoms with Gasteiger partial charge in [0.05, 0.1) is 17.7 Å². The first-order valence-electron chi connectivity index (χ1n) is 6.86. The Bertz CT molecular complexity index is 762. The van der Waals surface area contributed by atoms with E-state index in [-0.39, 0.29) is 4.90 Å². The summed E-state index contributed by atoms with van der Waals surface area (Å²) in [7, 11) is -3.68. The Morgan fingerprint density at radius 3 is 2.50 bits per heavy atom. The molecule has 0 amide bonds. The molecule has 0 aliphatic rings. The summed E-state index contributed by atoms with van der Waals surface area (Å²) in [4.78, 5) is 5.46. The van der Waals surface area contributed by atoms with Crippen LogP contribution >= 0.6 is 0 Å². The van der Waals surface area contributed by atoms with Gasteiger partial charge < -0.3 is 9.72 Å². The van der Waals surface area contributed by atoms with Crippen LogP contribution in [-0.4, -0.2) is 26.2 Å². The monoisotopic (exact) mass is 321 g/mol. The molecule has 0 aliphatic heterocycles. The number of nitrogens with zero attached hydrogens (tertiary/aromatic N) is 1. The van der Waals surface area contributed by atoms with E-state index < -0.39 is 10.0 Å². The van der Waals surface area contributed by atoms with Crippen molar-refractivity contribution in [2.45, 2.75) is 25.7 Å². The number of hydrazone groups is 1. The highest BCUT2D eigenvalue weighted by Crippen LogP contribution is 2.15. The lowest BCUT2D eigenvalue weighted by Gasteiger charge is -2.05. The van der Waals surface area contributed by atoms with E-state index >= 15 is 0 Å². The van der Waals surface area contributed by atoms with E-state index in [4.69, 9.17) is 4.74 Å². The Hall–Kier alpha value is -2.28. The van der Waals surface area contributed by atoms with Crippen molar-refractivity contribution in [1.29, 1.82) is 0 Å². The lowest BCUT2D eigenvalue weighted by molar-refractivity contribution is 0.340. The lowest BCUT2D eigenvalue weighted by Crippen LogP contribution is -2.18. The molecule has 0 radical (unpaired) electrons. The van der Waals surface area contributed by atoms with Gasteiger partial charge in [0.1, 0.15) is 5.75 Å². The number of ether oxygens (including phenoxy) is 1. The highest BCUT2D eigenvalue weighted by atomic mass is 32.2. The molecule has 1 heterocycles. The summed E-state index contributed by atoms with van der Waals surface area (Å²) in [5.74, 6) is 0.628. The van der Waals surface area contributed by atoms with Crippen LogP contribution in [0.4, 0.5) is 0 Å². The number of rotatable bonds is 6. The van der Waals surface area contributed by atoms with Gasteiger partial charge >= 0.3 is 0 Å². The van der Waals surface area contributed by atoms with E-state index in [1.54, 1.807) is 12.1 Å². The molecular formula is C15H19N3O3S. The van der Waals surface area contributed by atoms with Crippen molar-refractivity contribution in [2.24, 2.45) is 5.10 Å². The molecule has 2 rings (SSSR count). The molecule has 0 spiro atoms. The number of benzene rings is 1. The molecule has 6 nitrogen and oxygen atoms in total. The van der Waals surface area contributed by atoms with Crippen LogP contribution in [0.2, 0.25) is 0 Å². The highest BCUT2D eigenvalue weighted by Gasteiger charge is 2.12. The fourth-order valence-corrected chi connectivity index (χ4v) is 2.77. The van der Waals surface area contributed by atoms with E-state index in [2.05, 4.69) is 14.9 Å². The average Bonchev–Trinajstić information content (AvgIpc) is 2.78. The second-order valence-electron chi connectivity index (χ2n) is 4.79. The largest absolute Gasteiger partial charge is 0.494 e. The third-order valence-electron chi connectivity index (χ3n) is 3.01. The Balaban J connectivity index is 2.09. The number of aryl methyl sites for hydroxylation is 2. The van der Waals surface area contributed by atoms with Crippen LogP contribution in [0.3, 0.4) is 0 Å². The van der Waals surface area contributed by atoms with Gasteiger partial charge in [0, 0.05) is 17.0 Å². The summed E-state index contributed by atoms with van der Waals surface area (Å²) in [6.07, 6.45) is 1.48. The first-order valence-corrected chi connectivity index (χ1v) is 8.34. The van der Waals surface area contributed by atoms with E-state index in [0.29, 0.717) is 12.4 Å². The average molecular weight is 321 g/mol. The number of aromatic nitrogens is 1. The summed E-state index contributed by atoms with van der Waals surface area (Å²) in [6.45, 7) is 6.22. The quantitative estimate of drug-likeness (QED) is 0.633. The number of hydrogen-bond acceptors (Lipinski definition) is 4. The SMILES string of the molecule is CCOc1ccc(S(=O)(=O)N/N=C/c2cc(C)[nH]c2C)cc1. The summed E-state index contributed by atoms with van der Waals surface area (Å²) in [5, 5.41) is 3.81. The molecule has 0 aliphatic carbocycles. The molecule has 0 saturated heterocycles. The van der Waals surface area contributed by atoms with Crippen LogP contribution in [0, 0.1) is 13.8 Å². The van der Waals surface area contributed by atoms with Gasteiger partial charge in [-0.15, -0.1) is 0 Å². The van der Waals surface area contributed by atoms with Gasteiger partial charge in [-0.05, 0) is 51.1 Å². The van der Waals surface area contributed by atoms with Gasteiger partial charge in [0.25, 0.3) is 10.0 Å². The summed E-state index contributed by atoms with van der Waals surface area (Å²) < 4.78 is 29.5. The summed E-state index contributed by atoms with van der Waals surface area (Å²) in [6, 6.07) is 8.08. The molecule has 0 saturated carbocycles. The van der Waals surface area contributed by atoms with Gasteiger partial charge in [0.15, 0.2) is 0 Å². The van der Waals surface area contributed by atoms with Crippen LogP contribution < -0.4 is 9.57 Å². The zero-order valence-electron chi connectivity index (χ0n) is 12.8. The van der Waals surface area contributed by atoms with Crippen molar-refractivity contribution in [3.8, 4) is 5.75 Å². The van der Waals surface area contributed by atoms with Crippen LogP contribution in [0.1, 0.15) is 23.9 Å².